The van der Waals surface area contributed by atoms with Crippen molar-refractivity contribution in [2.75, 3.05) is 80.0 Å². The molecule has 5 nitrogen and oxygen atoms in total. The molecule has 1 aliphatic rings. The van der Waals surface area contributed by atoms with Gasteiger partial charge in [-0.1, -0.05) is 40.0 Å². The van der Waals surface area contributed by atoms with Gasteiger partial charge in [0.25, 0.3) is 0 Å². The minimum atomic E-state index is 1.11. The fourth-order valence-corrected chi connectivity index (χ4v) is 2.58. The van der Waals surface area contributed by atoms with Gasteiger partial charge in [-0.15, -0.1) is 0 Å². The van der Waals surface area contributed by atoms with E-state index in [0.29, 0.717) is 0 Å². The lowest BCUT2D eigenvalue weighted by Crippen LogP contribution is -2.45. The molecule has 0 amide bonds. The maximum absolute atomic E-state index is 3.28. The number of piperazine rings is 1. The van der Waals surface area contributed by atoms with Crippen molar-refractivity contribution in [1.82, 2.24) is 25.8 Å². The maximum atomic E-state index is 3.28. The molecular formula is C21H51N5. The lowest BCUT2D eigenvalue weighted by atomic mass is 10.2. The highest BCUT2D eigenvalue weighted by Crippen LogP contribution is 1.99. The SMILES string of the molecule is CCCCCNCC.CCCCNC.CNCCCN1CCN(C)CC1. The summed E-state index contributed by atoms with van der Waals surface area (Å²) in [4.78, 5) is 4.95. The maximum Gasteiger partial charge on any atom is 0.0110 e. The van der Waals surface area contributed by atoms with E-state index in [1.54, 1.807) is 0 Å². The molecule has 1 rings (SSSR count). The third-order valence-electron chi connectivity index (χ3n) is 4.48. The molecule has 0 aromatic carbocycles. The van der Waals surface area contributed by atoms with Gasteiger partial charge in [-0.05, 0) is 73.1 Å². The molecule has 0 saturated carbocycles. The Labute approximate surface area is 165 Å². The van der Waals surface area contributed by atoms with Crippen LogP contribution in [0.1, 0.15) is 59.3 Å². The highest BCUT2D eigenvalue weighted by Gasteiger charge is 2.12. The molecule has 0 spiro atoms. The van der Waals surface area contributed by atoms with Gasteiger partial charge in [-0.25, -0.2) is 0 Å². The summed E-state index contributed by atoms with van der Waals surface area (Å²) in [6.45, 7) is 17.4. The number of likely N-dealkylation sites (N-methyl/N-ethyl adjacent to an activating group) is 1. The molecule has 0 aromatic rings. The lowest BCUT2D eigenvalue weighted by Gasteiger charge is -2.32. The smallest absolute Gasteiger partial charge is 0.0110 e. The van der Waals surface area contributed by atoms with Crippen molar-refractivity contribution in [1.29, 1.82) is 0 Å². The van der Waals surface area contributed by atoms with E-state index in [1.165, 1.54) is 77.8 Å². The average Bonchev–Trinajstić information content (AvgIpc) is 2.66. The number of hydrogen-bond acceptors (Lipinski definition) is 5. The Morgan fingerprint density at radius 2 is 1.27 bits per heavy atom. The lowest BCUT2D eigenvalue weighted by molar-refractivity contribution is 0.153. The van der Waals surface area contributed by atoms with E-state index in [9.17, 15) is 0 Å². The van der Waals surface area contributed by atoms with Gasteiger partial charge in [0.15, 0.2) is 0 Å². The molecule has 0 radical (unpaired) electrons. The van der Waals surface area contributed by atoms with E-state index in [-0.39, 0.29) is 0 Å². The van der Waals surface area contributed by atoms with Gasteiger partial charge in [0.1, 0.15) is 0 Å². The first-order valence-corrected chi connectivity index (χ1v) is 11.1. The van der Waals surface area contributed by atoms with Crippen LogP contribution in [0.15, 0.2) is 0 Å². The molecule has 1 fully saturated rings. The summed E-state index contributed by atoms with van der Waals surface area (Å²) in [5, 5.41) is 9.53. The van der Waals surface area contributed by atoms with Crippen molar-refractivity contribution in [3.8, 4) is 0 Å². The number of nitrogens with one attached hydrogen (secondary N) is 3. The molecule has 1 heterocycles. The number of rotatable bonds is 12. The molecule has 160 valence electrons. The third-order valence-corrected chi connectivity index (χ3v) is 4.48. The Morgan fingerprint density at radius 1 is 0.692 bits per heavy atom. The molecular weight excluding hydrogens is 322 g/mol. The van der Waals surface area contributed by atoms with E-state index in [2.05, 4.69) is 53.6 Å². The first-order valence-electron chi connectivity index (χ1n) is 11.1. The summed E-state index contributed by atoms with van der Waals surface area (Å²) in [5.41, 5.74) is 0. The normalized spacial score (nSPS) is 15.0. The zero-order valence-electron chi connectivity index (χ0n) is 19.0. The van der Waals surface area contributed by atoms with Crippen molar-refractivity contribution < 1.29 is 0 Å². The standard InChI is InChI=1S/C9H21N3.C7H17N.C5H13N/c1-10-4-3-5-12-8-6-11(2)7-9-12;1-3-5-6-7-8-4-2;1-3-4-5-6-2/h10H,3-9H2,1-2H3;8H,3-7H2,1-2H3;6H,3-5H2,1-2H3. The first kappa shape index (κ1) is 28.0. The first-order chi connectivity index (χ1) is 12.7. The van der Waals surface area contributed by atoms with Crippen LogP contribution >= 0.6 is 0 Å². The van der Waals surface area contributed by atoms with Crippen LogP contribution < -0.4 is 16.0 Å². The van der Waals surface area contributed by atoms with Crippen LogP contribution in [0.4, 0.5) is 0 Å². The zero-order chi connectivity index (χ0) is 19.9. The molecule has 0 bridgehead atoms. The van der Waals surface area contributed by atoms with Gasteiger partial charge in [0, 0.05) is 26.2 Å². The van der Waals surface area contributed by atoms with E-state index < -0.39 is 0 Å². The van der Waals surface area contributed by atoms with Gasteiger partial charge in [0.2, 0.25) is 0 Å². The summed E-state index contributed by atoms with van der Waals surface area (Å²) in [7, 11) is 6.20. The van der Waals surface area contributed by atoms with Gasteiger partial charge in [-0.3, -0.25) is 0 Å². The van der Waals surface area contributed by atoms with Gasteiger partial charge >= 0.3 is 0 Å². The van der Waals surface area contributed by atoms with Crippen molar-refractivity contribution in [2.45, 2.75) is 59.3 Å². The Hall–Kier alpha value is -0.200. The summed E-state index contributed by atoms with van der Waals surface area (Å²) in [5.74, 6) is 0. The number of hydrogen-bond donors (Lipinski definition) is 3. The van der Waals surface area contributed by atoms with Crippen molar-refractivity contribution in [3.05, 3.63) is 0 Å². The highest BCUT2D eigenvalue weighted by molar-refractivity contribution is 4.68. The molecule has 3 N–H and O–H groups in total. The highest BCUT2D eigenvalue weighted by atomic mass is 15.2. The monoisotopic (exact) mass is 373 g/mol. The molecule has 0 atom stereocenters. The predicted molar refractivity (Wildman–Crippen MR) is 119 cm³/mol. The Kier molecular flexibility index (Phi) is 26.7. The van der Waals surface area contributed by atoms with E-state index in [1.807, 2.05) is 14.1 Å². The van der Waals surface area contributed by atoms with Crippen molar-refractivity contribution in [3.63, 3.8) is 0 Å². The molecule has 0 aromatic heterocycles. The Balaban J connectivity index is 0. The van der Waals surface area contributed by atoms with Crippen LogP contribution in [-0.4, -0.2) is 89.8 Å². The molecule has 26 heavy (non-hydrogen) atoms. The molecule has 5 heteroatoms. The minimum absolute atomic E-state index is 1.11. The fraction of sp³-hybridized carbons (Fsp3) is 1.00. The predicted octanol–water partition coefficient (Wildman–Crippen LogP) is 2.64. The van der Waals surface area contributed by atoms with Crippen molar-refractivity contribution in [2.24, 2.45) is 0 Å². The van der Waals surface area contributed by atoms with E-state index in [0.717, 1.165) is 19.6 Å². The largest absolute Gasteiger partial charge is 0.320 e. The van der Waals surface area contributed by atoms with E-state index in [4.69, 9.17) is 0 Å². The average molecular weight is 374 g/mol. The minimum Gasteiger partial charge on any atom is -0.320 e. The summed E-state index contributed by atoms with van der Waals surface area (Å²) in [6, 6.07) is 0. The number of unbranched alkanes of at least 4 members (excludes halogenated alkanes) is 3. The molecule has 0 aliphatic carbocycles. The van der Waals surface area contributed by atoms with Gasteiger partial charge in [-0.2, -0.15) is 0 Å². The summed E-state index contributed by atoms with van der Waals surface area (Å²) < 4.78 is 0. The second-order valence-electron chi connectivity index (χ2n) is 7.12. The number of nitrogens with zero attached hydrogens (tertiary/aromatic N) is 2. The molecule has 0 unspecified atom stereocenters. The Bertz CT molecular complexity index is 220. The van der Waals surface area contributed by atoms with Gasteiger partial charge < -0.3 is 25.8 Å². The second kappa shape index (κ2) is 24.8. The molecule has 1 aliphatic heterocycles. The summed E-state index contributed by atoms with van der Waals surface area (Å²) in [6.07, 6.45) is 7.90. The van der Waals surface area contributed by atoms with Gasteiger partial charge in [0.05, 0.1) is 0 Å². The van der Waals surface area contributed by atoms with E-state index >= 15 is 0 Å². The van der Waals surface area contributed by atoms with Crippen LogP contribution in [0, 0.1) is 0 Å². The van der Waals surface area contributed by atoms with Crippen LogP contribution in [0.25, 0.3) is 0 Å². The topological polar surface area (TPSA) is 42.6 Å². The third kappa shape index (κ3) is 23.8. The fourth-order valence-electron chi connectivity index (χ4n) is 2.58. The van der Waals surface area contributed by atoms with Crippen LogP contribution in [-0.2, 0) is 0 Å². The van der Waals surface area contributed by atoms with Crippen LogP contribution in [0.5, 0.6) is 0 Å². The summed E-state index contributed by atoms with van der Waals surface area (Å²) >= 11 is 0. The van der Waals surface area contributed by atoms with Crippen molar-refractivity contribution >= 4 is 0 Å². The quantitative estimate of drug-likeness (QED) is 0.459. The molecule has 1 saturated heterocycles. The van der Waals surface area contributed by atoms with Crippen LogP contribution in [0.2, 0.25) is 0 Å². The second-order valence-corrected chi connectivity index (χ2v) is 7.12. The van der Waals surface area contributed by atoms with Crippen LogP contribution in [0.3, 0.4) is 0 Å². The zero-order valence-corrected chi connectivity index (χ0v) is 19.0. The Morgan fingerprint density at radius 3 is 1.73 bits per heavy atom.